The van der Waals surface area contributed by atoms with E-state index in [4.69, 9.17) is 16.3 Å². The number of benzene rings is 2. The van der Waals surface area contributed by atoms with Gasteiger partial charge in [-0.15, -0.1) is 10.2 Å². The average molecular weight is 272 g/mol. The van der Waals surface area contributed by atoms with Gasteiger partial charge in [-0.1, -0.05) is 11.6 Å². The van der Waals surface area contributed by atoms with E-state index in [1.54, 1.807) is 24.8 Å². The van der Waals surface area contributed by atoms with Crippen LogP contribution in [-0.2, 0) is 0 Å². The van der Waals surface area contributed by atoms with Gasteiger partial charge in [0.1, 0.15) is 24.2 Å². The van der Waals surface area contributed by atoms with Gasteiger partial charge in [-0.25, -0.2) is 0 Å². The van der Waals surface area contributed by atoms with E-state index < -0.39 is 0 Å². The Bertz CT molecular complexity index is 648. The lowest BCUT2D eigenvalue weighted by Crippen LogP contribution is -1.90. The molecule has 5 heteroatoms. The Labute approximate surface area is 115 Å². The van der Waals surface area contributed by atoms with E-state index >= 15 is 0 Å². The van der Waals surface area contributed by atoms with Crippen LogP contribution in [0.4, 0.5) is 0 Å². The summed E-state index contributed by atoms with van der Waals surface area (Å²) in [6.07, 6.45) is 3.30. The quantitative estimate of drug-likeness (QED) is 0.729. The second kappa shape index (κ2) is 5.12. The molecule has 0 saturated heterocycles. The molecule has 1 heterocycles. The van der Waals surface area contributed by atoms with Gasteiger partial charge in [-0.3, -0.25) is 4.57 Å². The van der Waals surface area contributed by atoms with Crippen LogP contribution in [0.25, 0.3) is 5.69 Å². The third kappa shape index (κ3) is 2.74. The molecule has 0 unspecified atom stereocenters. The Kier molecular flexibility index (Phi) is 3.16. The second-order valence-electron chi connectivity index (χ2n) is 3.92. The molecule has 0 aliphatic heterocycles. The summed E-state index contributed by atoms with van der Waals surface area (Å²) in [7, 11) is 0. The minimum absolute atomic E-state index is 0.690. The van der Waals surface area contributed by atoms with E-state index in [1.807, 2.05) is 41.0 Å². The van der Waals surface area contributed by atoms with Crippen molar-refractivity contribution in [2.24, 2.45) is 0 Å². The van der Waals surface area contributed by atoms with Gasteiger partial charge in [0.05, 0.1) is 0 Å². The number of nitrogens with zero attached hydrogens (tertiary/aromatic N) is 3. The van der Waals surface area contributed by atoms with E-state index in [0.717, 1.165) is 17.2 Å². The predicted molar refractivity (Wildman–Crippen MR) is 72.9 cm³/mol. The summed E-state index contributed by atoms with van der Waals surface area (Å²) in [5.41, 5.74) is 0.980. The maximum Gasteiger partial charge on any atom is 0.127 e. The minimum Gasteiger partial charge on any atom is -0.457 e. The van der Waals surface area contributed by atoms with Crippen molar-refractivity contribution in [1.29, 1.82) is 0 Å². The summed E-state index contributed by atoms with van der Waals surface area (Å²) in [5.74, 6) is 1.51. The smallest absolute Gasteiger partial charge is 0.127 e. The van der Waals surface area contributed by atoms with E-state index in [9.17, 15) is 0 Å². The van der Waals surface area contributed by atoms with Crippen molar-refractivity contribution in [1.82, 2.24) is 14.8 Å². The zero-order chi connectivity index (χ0) is 13.1. The third-order valence-corrected chi connectivity index (χ3v) is 2.85. The predicted octanol–water partition coefficient (Wildman–Crippen LogP) is 3.71. The molecule has 0 N–H and O–H groups in total. The summed E-state index contributed by atoms with van der Waals surface area (Å²) in [5, 5.41) is 8.22. The lowest BCUT2D eigenvalue weighted by Gasteiger charge is -2.07. The number of hydrogen-bond donors (Lipinski definition) is 0. The first-order valence-corrected chi connectivity index (χ1v) is 6.07. The molecule has 0 fully saturated rings. The van der Waals surface area contributed by atoms with Crippen LogP contribution >= 0.6 is 11.6 Å². The topological polar surface area (TPSA) is 39.9 Å². The molecular formula is C14H10ClN3O. The fourth-order valence-electron chi connectivity index (χ4n) is 1.66. The SMILES string of the molecule is Clc1ccc(Oc2ccc(-n3cnnc3)cc2)cc1. The highest BCUT2D eigenvalue weighted by atomic mass is 35.5. The molecule has 2 aromatic carbocycles. The molecule has 4 nitrogen and oxygen atoms in total. The maximum absolute atomic E-state index is 5.82. The van der Waals surface area contributed by atoms with Crippen LogP contribution in [0.5, 0.6) is 11.5 Å². The average Bonchev–Trinajstić information content (AvgIpc) is 2.96. The Morgan fingerprint density at radius 3 is 1.89 bits per heavy atom. The first-order valence-electron chi connectivity index (χ1n) is 5.70. The highest BCUT2D eigenvalue weighted by molar-refractivity contribution is 6.30. The summed E-state index contributed by atoms with van der Waals surface area (Å²) in [6.45, 7) is 0. The molecule has 0 spiro atoms. The number of aromatic nitrogens is 3. The summed E-state index contributed by atoms with van der Waals surface area (Å²) < 4.78 is 7.53. The van der Waals surface area contributed by atoms with Crippen LogP contribution in [0, 0.1) is 0 Å². The molecule has 0 aliphatic rings. The van der Waals surface area contributed by atoms with Gasteiger partial charge in [0.25, 0.3) is 0 Å². The highest BCUT2D eigenvalue weighted by Crippen LogP contribution is 2.23. The summed E-state index contributed by atoms with van der Waals surface area (Å²) in [4.78, 5) is 0. The third-order valence-electron chi connectivity index (χ3n) is 2.60. The van der Waals surface area contributed by atoms with Gasteiger partial charge in [0.15, 0.2) is 0 Å². The van der Waals surface area contributed by atoms with Gasteiger partial charge >= 0.3 is 0 Å². The molecule has 3 rings (SSSR count). The first kappa shape index (κ1) is 11.7. The van der Waals surface area contributed by atoms with E-state index in [1.165, 1.54) is 0 Å². The molecule has 94 valence electrons. The summed E-state index contributed by atoms with van der Waals surface area (Å²) in [6, 6.07) is 14.9. The fraction of sp³-hybridized carbons (Fsp3) is 0. The van der Waals surface area contributed by atoms with Crippen molar-refractivity contribution >= 4 is 11.6 Å². The molecule has 0 radical (unpaired) electrons. The Morgan fingerprint density at radius 1 is 0.789 bits per heavy atom. The van der Waals surface area contributed by atoms with Crippen LogP contribution in [-0.4, -0.2) is 14.8 Å². The van der Waals surface area contributed by atoms with Crippen molar-refractivity contribution in [3.63, 3.8) is 0 Å². The lowest BCUT2D eigenvalue weighted by atomic mass is 10.3. The number of ether oxygens (including phenoxy) is 1. The van der Waals surface area contributed by atoms with Crippen LogP contribution in [0.3, 0.4) is 0 Å². The van der Waals surface area contributed by atoms with E-state index in [0.29, 0.717) is 5.02 Å². The zero-order valence-electron chi connectivity index (χ0n) is 9.90. The van der Waals surface area contributed by atoms with E-state index in [-0.39, 0.29) is 0 Å². The molecular weight excluding hydrogens is 262 g/mol. The first-order chi connectivity index (χ1) is 9.31. The Hall–Kier alpha value is -2.33. The van der Waals surface area contributed by atoms with Crippen molar-refractivity contribution in [3.05, 3.63) is 66.2 Å². The number of rotatable bonds is 3. The Balaban J connectivity index is 1.77. The van der Waals surface area contributed by atoms with Crippen molar-refractivity contribution < 1.29 is 4.74 Å². The van der Waals surface area contributed by atoms with Crippen LogP contribution in [0.15, 0.2) is 61.2 Å². The molecule has 0 bridgehead atoms. The van der Waals surface area contributed by atoms with Crippen LogP contribution in [0.2, 0.25) is 5.02 Å². The lowest BCUT2D eigenvalue weighted by molar-refractivity contribution is 0.482. The normalized spacial score (nSPS) is 10.4. The van der Waals surface area contributed by atoms with Gasteiger partial charge < -0.3 is 4.74 Å². The standard InChI is InChI=1S/C14H10ClN3O/c15-11-1-5-13(6-2-11)19-14-7-3-12(4-8-14)18-9-16-17-10-18/h1-10H. The monoisotopic (exact) mass is 271 g/mol. The van der Waals surface area contributed by atoms with Crippen molar-refractivity contribution in [2.45, 2.75) is 0 Å². The van der Waals surface area contributed by atoms with Crippen molar-refractivity contribution in [2.75, 3.05) is 0 Å². The van der Waals surface area contributed by atoms with Crippen LogP contribution < -0.4 is 4.74 Å². The van der Waals surface area contributed by atoms with Gasteiger partial charge in [-0.2, -0.15) is 0 Å². The van der Waals surface area contributed by atoms with Crippen molar-refractivity contribution in [3.8, 4) is 17.2 Å². The fourth-order valence-corrected chi connectivity index (χ4v) is 1.79. The molecule has 19 heavy (non-hydrogen) atoms. The van der Waals surface area contributed by atoms with Gasteiger partial charge in [-0.05, 0) is 48.5 Å². The second-order valence-corrected chi connectivity index (χ2v) is 4.36. The zero-order valence-corrected chi connectivity index (χ0v) is 10.7. The molecule has 3 aromatic rings. The van der Waals surface area contributed by atoms with E-state index in [2.05, 4.69) is 10.2 Å². The largest absolute Gasteiger partial charge is 0.457 e. The molecule has 0 atom stereocenters. The number of hydrogen-bond acceptors (Lipinski definition) is 3. The molecule has 0 saturated carbocycles. The maximum atomic E-state index is 5.82. The summed E-state index contributed by atoms with van der Waals surface area (Å²) >= 11 is 5.82. The van der Waals surface area contributed by atoms with Gasteiger partial charge in [0.2, 0.25) is 0 Å². The highest BCUT2D eigenvalue weighted by Gasteiger charge is 1.99. The molecule has 0 amide bonds. The molecule has 0 aliphatic carbocycles. The minimum atomic E-state index is 0.690. The number of halogens is 1. The Morgan fingerprint density at radius 2 is 1.32 bits per heavy atom. The van der Waals surface area contributed by atoms with Crippen LogP contribution in [0.1, 0.15) is 0 Å². The molecule has 1 aromatic heterocycles. The van der Waals surface area contributed by atoms with Gasteiger partial charge in [0, 0.05) is 10.7 Å².